The van der Waals surface area contributed by atoms with Crippen molar-refractivity contribution < 1.29 is 18.0 Å². The molecule has 43 heavy (non-hydrogen) atoms. The number of pyridine rings is 2. The molecule has 2 heterocycles. The number of anilines is 1. The summed E-state index contributed by atoms with van der Waals surface area (Å²) in [5.41, 5.74) is 3.53. The molecule has 0 saturated heterocycles. The van der Waals surface area contributed by atoms with Crippen molar-refractivity contribution in [3.8, 4) is 11.3 Å². The molecule has 6 rings (SSSR count). The highest BCUT2D eigenvalue weighted by molar-refractivity contribution is 6.09. The second kappa shape index (κ2) is 12.1. The largest absolute Gasteiger partial charge is 0.416 e. The molecule has 2 aromatic heterocycles. The van der Waals surface area contributed by atoms with Crippen molar-refractivity contribution >= 4 is 22.5 Å². The zero-order valence-corrected chi connectivity index (χ0v) is 24.6. The number of fused-ring (bicyclic) bond motifs is 1. The summed E-state index contributed by atoms with van der Waals surface area (Å²) in [6.07, 6.45) is 7.88. The molecule has 0 amide bonds. The molecule has 1 N–H and O–H groups in total. The van der Waals surface area contributed by atoms with E-state index in [1.807, 2.05) is 42.5 Å². The Hall–Kier alpha value is -3.74. The van der Waals surface area contributed by atoms with E-state index in [-0.39, 0.29) is 11.7 Å². The quantitative estimate of drug-likeness (QED) is 0.209. The van der Waals surface area contributed by atoms with Gasteiger partial charge in [0.25, 0.3) is 0 Å². The highest BCUT2D eigenvalue weighted by Gasteiger charge is 2.36. The standard InChI is InChI=1S/C36H38F3N3O/c1-35(16-3-4-17-35)22-25-7-6-8-27(19-25)34(43)30-21-33(41-23-24-10-13-28(14-11-24)36(37,38)39)42-32-15-12-26(20-29(30)32)31-9-2-5-18-40-31/h2,5,9-15,18,20-21,25,27H,3-4,6-8,16-17,19,22-23H2,1H3,(H,41,42)/t25?,27-/m1/s1. The molecule has 2 aliphatic rings. The number of nitrogens with one attached hydrogen (secondary N) is 1. The molecule has 2 aromatic carbocycles. The Bertz CT molecular complexity index is 1580. The normalized spacial score (nSPS) is 20.3. The van der Waals surface area contributed by atoms with Crippen molar-refractivity contribution in [1.82, 2.24) is 9.97 Å². The summed E-state index contributed by atoms with van der Waals surface area (Å²) in [6, 6.07) is 18.6. The first-order valence-electron chi connectivity index (χ1n) is 15.5. The highest BCUT2D eigenvalue weighted by Crippen LogP contribution is 2.46. The summed E-state index contributed by atoms with van der Waals surface area (Å²) in [7, 11) is 0. The van der Waals surface area contributed by atoms with Crippen molar-refractivity contribution in [1.29, 1.82) is 0 Å². The van der Waals surface area contributed by atoms with Crippen LogP contribution in [-0.2, 0) is 12.7 Å². The van der Waals surface area contributed by atoms with Gasteiger partial charge in [-0.25, -0.2) is 4.98 Å². The Morgan fingerprint density at radius 1 is 0.977 bits per heavy atom. The van der Waals surface area contributed by atoms with Gasteiger partial charge in [0.2, 0.25) is 0 Å². The van der Waals surface area contributed by atoms with Crippen LogP contribution in [0.2, 0.25) is 0 Å². The average Bonchev–Trinajstić information content (AvgIpc) is 3.44. The number of hydrogen-bond acceptors (Lipinski definition) is 4. The first-order valence-corrected chi connectivity index (χ1v) is 15.5. The van der Waals surface area contributed by atoms with Crippen LogP contribution < -0.4 is 5.32 Å². The van der Waals surface area contributed by atoms with E-state index in [2.05, 4.69) is 17.2 Å². The number of Topliss-reactive ketones (excluding diaryl/α,β-unsaturated/α-hetero) is 1. The summed E-state index contributed by atoms with van der Waals surface area (Å²) >= 11 is 0. The van der Waals surface area contributed by atoms with Crippen LogP contribution in [0.15, 0.2) is 72.9 Å². The predicted molar refractivity (Wildman–Crippen MR) is 165 cm³/mol. The van der Waals surface area contributed by atoms with E-state index in [0.717, 1.165) is 48.0 Å². The van der Waals surface area contributed by atoms with Gasteiger partial charge in [-0.3, -0.25) is 9.78 Å². The minimum atomic E-state index is -4.37. The van der Waals surface area contributed by atoms with Crippen molar-refractivity contribution in [2.75, 3.05) is 5.32 Å². The van der Waals surface area contributed by atoms with Crippen LogP contribution in [0.3, 0.4) is 0 Å². The maximum Gasteiger partial charge on any atom is 0.416 e. The lowest BCUT2D eigenvalue weighted by atomic mass is 9.70. The Balaban J connectivity index is 1.29. The molecule has 2 saturated carbocycles. The maximum atomic E-state index is 14.3. The SMILES string of the molecule is CC1(CC2CCC[C@@H](C(=O)c3cc(NCc4ccc(C(F)(F)F)cc4)nc4ccc(-c5ccccn5)cc34)C2)CCCC1. The van der Waals surface area contributed by atoms with Crippen molar-refractivity contribution in [3.63, 3.8) is 0 Å². The van der Waals surface area contributed by atoms with Gasteiger partial charge in [-0.05, 0) is 91.5 Å². The number of carbonyl (C=O) groups is 1. The van der Waals surface area contributed by atoms with E-state index in [4.69, 9.17) is 4.98 Å². The fourth-order valence-corrected chi connectivity index (χ4v) is 7.28. The first-order chi connectivity index (χ1) is 20.7. The third kappa shape index (κ3) is 6.76. The van der Waals surface area contributed by atoms with Gasteiger partial charge in [-0.1, -0.05) is 56.9 Å². The van der Waals surface area contributed by atoms with Crippen molar-refractivity contribution in [2.45, 2.75) is 77.4 Å². The maximum absolute atomic E-state index is 14.3. The van der Waals surface area contributed by atoms with Crippen LogP contribution in [-0.4, -0.2) is 15.8 Å². The molecular weight excluding hydrogens is 547 g/mol. The molecule has 224 valence electrons. The molecule has 4 nitrogen and oxygen atoms in total. The summed E-state index contributed by atoms with van der Waals surface area (Å²) in [4.78, 5) is 23.6. The smallest absolute Gasteiger partial charge is 0.366 e. The number of ketones is 1. The lowest BCUT2D eigenvalue weighted by Crippen LogP contribution is -2.27. The number of hydrogen-bond donors (Lipinski definition) is 1. The van der Waals surface area contributed by atoms with E-state index in [9.17, 15) is 18.0 Å². The number of aromatic nitrogens is 2. The molecule has 4 aromatic rings. The monoisotopic (exact) mass is 585 g/mol. The average molecular weight is 586 g/mol. The molecule has 2 atom stereocenters. The minimum Gasteiger partial charge on any atom is -0.366 e. The molecule has 0 spiro atoms. The van der Waals surface area contributed by atoms with Gasteiger partial charge in [0.1, 0.15) is 5.82 Å². The molecule has 0 radical (unpaired) electrons. The van der Waals surface area contributed by atoms with Gasteiger partial charge in [0.05, 0.1) is 16.8 Å². The third-order valence-electron chi connectivity index (χ3n) is 9.54. The molecular formula is C36H38F3N3O. The lowest BCUT2D eigenvalue weighted by Gasteiger charge is -2.34. The van der Waals surface area contributed by atoms with Crippen LogP contribution in [0.1, 0.15) is 86.2 Å². The molecule has 2 fully saturated rings. The summed E-state index contributed by atoms with van der Waals surface area (Å²) in [5.74, 6) is 1.23. The summed E-state index contributed by atoms with van der Waals surface area (Å²) in [5, 5.41) is 4.06. The minimum absolute atomic E-state index is 0.0318. The Morgan fingerprint density at radius 3 is 2.49 bits per heavy atom. The number of rotatable bonds is 8. The van der Waals surface area contributed by atoms with Crippen LogP contribution in [0.25, 0.3) is 22.2 Å². The molecule has 7 heteroatoms. The van der Waals surface area contributed by atoms with Crippen LogP contribution in [0.5, 0.6) is 0 Å². The van der Waals surface area contributed by atoms with Crippen LogP contribution >= 0.6 is 0 Å². The van der Waals surface area contributed by atoms with Crippen LogP contribution in [0, 0.1) is 17.3 Å². The third-order valence-corrected chi connectivity index (χ3v) is 9.54. The van der Waals surface area contributed by atoms with Crippen molar-refractivity contribution in [2.24, 2.45) is 17.3 Å². The topological polar surface area (TPSA) is 54.9 Å². The van der Waals surface area contributed by atoms with Gasteiger partial charge in [0, 0.05) is 35.2 Å². The molecule has 2 aliphatic carbocycles. The van der Waals surface area contributed by atoms with Gasteiger partial charge in [-0.2, -0.15) is 13.2 Å². The first kappa shape index (κ1) is 29.3. The zero-order chi connectivity index (χ0) is 30.0. The Morgan fingerprint density at radius 2 is 1.77 bits per heavy atom. The lowest BCUT2D eigenvalue weighted by molar-refractivity contribution is -0.137. The molecule has 0 bridgehead atoms. The number of carbonyl (C=O) groups excluding carboxylic acids is 1. The van der Waals surface area contributed by atoms with Gasteiger partial charge < -0.3 is 5.32 Å². The van der Waals surface area contributed by atoms with Gasteiger partial charge in [0.15, 0.2) is 5.78 Å². The summed E-state index contributed by atoms with van der Waals surface area (Å²) in [6.45, 7) is 2.72. The Labute approximate surface area is 251 Å². The van der Waals surface area contributed by atoms with E-state index in [1.165, 1.54) is 50.7 Å². The van der Waals surface area contributed by atoms with E-state index < -0.39 is 11.7 Å². The Kier molecular flexibility index (Phi) is 8.25. The number of halogens is 3. The number of benzene rings is 2. The molecule has 1 unspecified atom stereocenters. The summed E-state index contributed by atoms with van der Waals surface area (Å²) < 4.78 is 39.0. The number of alkyl halides is 3. The predicted octanol–water partition coefficient (Wildman–Crippen LogP) is 9.89. The van der Waals surface area contributed by atoms with Gasteiger partial charge >= 0.3 is 6.18 Å². The highest BCUT2D eigenvalue weighted by atomic mass is 19.4. The van der Waals surface area contributed by atoms with E-state index in [1.54, 1.807) is 6.20 Å². The second-order valence-corrected chi connectivity index (χ2v) is 12.9. The fourth-order valence-electron chi connectivity index (χ4n) is 7.28. The van der Waals surface area contributed by atoms with E-state index >= 15 is 0 Å². The fraction of sp³-hybridized carbons (Fsp3) is 0.417. The zero-order valence-electron chi connectivity index (χ0n) is 24.6. The van der Waals surface area contributed by atoms with Crippen LogP contribution in [0.4, 0.5) is 19.0 Å². The van der Waals surface area contributed by atoms with Gasteiger partial charge in [-0.15, -0.1) is 0 Å². The number of nitrogens with zero attached hydrogens (tertiary/aromatic N) is 2. The second-order valence-electron chi connectivity index (χ2n) is 12.9. The van der Waals surface area contributed by atoms with Crippen molar-refractivity contribution in [3.05, 3.63) is 89.6 Å². The molecule has 0 aliphatic heterocycles. The van der Waals surface area contributed by atoms with E-state index in [0.29, 0.717) is 40.3 Å².